The van der Waals surface area contributed by atoms with Gasteiger partial charge in [0, 0.05) is 16.7 Å². The molecule has 1 heterocycles. The largest absolute Gasteiger partial charge is 0.482 e. The minimum absolute atomic E-state index is 0.110. The van der Waals surface area contributed by atoms with Crippen molar-refractivity contribution in [3.63, 3.8) is 0 Å². The van der Waals surface area contributed by atoms with Crippen LogP contribution in [0.3, 0.4) is 0 Å². The van der Waals surface area contributed by atoms with E-state index in [4.69, 9.17) is 10.5 Å². The first-order valence-electron chi connectivity index (χ1n) is 6.15. The van der Waals surface area contributed by atoms with E-state index in [0.29, 0.717) is 5.75 Å². The molecule has 0 aliphatic rings. The summed E-state index contributed by atoms with van der Waals surface area (Å²) in [5.41, 5.74) is 8.32. The molecule has 2 aromatic rings. The molecule has 4 heteroatoms. The van der Waals surface area contributed by atoms with Gasteiger partial charge < -0.3 is 10.5 Å². The zero-order chi connectivity index (χ0) is 13.8. The van der Waals surface area contributed by atoms with E-state index in [-0.39, 0.29) is 12.1 Å². The summed E-state index contributed by atoms with van der Waals surface area (Å²) in [7, 11) is 0. The molecule has 0 saturated heterocycles. The number of hydrogen-bond acceptors (Lipinski definition) is 3. The monoisotopic (exact) mass is 320 g/mol. The lowest BCUT2D eigenvalue weighted by Crippen LogP contribution is -2.29. The second-order valence-corrected chi connectivity index (χ2v) is 5.57. The SMILES string of the molecule is Cc1cccc(C(Oc2cncc(Br)c2)C(C)N)c1. The second kappa shape index (κ2) is 6.17. The van der Waals surface area contributed by atoms with Crippen molar-refractivity contribution in [3.05, 3.63) is 58.3 Å². The van der Waals surface area contributed by atoms with Crippen molar-refractivity contribution >= 4 is 15.9 Å². The van der Waals surface area contributed by atoms with Crippen LogP contribution in [0.15, 0.2) is 47.2 Å². The minimum Gasteiger partial charge on any atom is -0.482 e. The Morgan fingerprint density at radius 1 is 1.26 bits per heavy atom. The van der Waals surface area contributed by atoms with Gasteiger partial charge in [-0.3, -0.25) is 4.98 Å². The number of ether oxygens (including phenoxy) is 1. The van der Waals surface area contributed by atoms with Crippen LogP contribution in [0.5, 0.6) is 5.75 Å². The molecule has 2 N–H and O–H groups in total. The predicted molar refractivity (Wildman–Crippen MR) is 80.1 cm³/mol. The number of aryl methyl sites for hydroxylation is 1. The van der Waals surface area contributed by atoms with Gasteiger partial charge in [0.1, 0.15) is 11.9 Å². The molecule has 0 spiro atoms. The van der Waals surface area contributed by atoms with Gasteiger partial charge in [0.25, 0.3) is 0 Å². The highest BCUT2D eigenvalue weighted by atomic mass is 79.9. The van der Waals surface area contributed by atoms with Crippen molar-refractivity contribution in [1.29, 1.82) is 0 Å². The molecule has 0 aliphatic heterocycles. The van der Waals surface area contributed by atoms with Gasteiger partial charge in [-0.15, -0.1) is 0 Å². The van der Waals surface area contributed by atoms with Crippen LogP contribution in [0.25, 0.3) is 0 Å². The molecule has 2 unspecified atom stereocenters. The van der Waals surface area contributed by atoms with Crippen LogP contribution >= 0.6 is 15.9 Å². The maximum atomic E-state index is 6.05. The smallest absolute Gasteiger partial charge is 0.139 e. The highest BCUT2D eigenvalue weighted by Gasteiger charge is 2.18. The van der Waals surface area contributed by atoms with Gasteiger partial charge in [0.15, 0.2) is 0 Å². The van der Waals surface area contributed by atoms with E-state index in [9.17, 15) is 0 Å². The molecule has 19 heavy (non-hydrogen) atoms. The maximum Gasteiger partial charge on any atom is 0.139 e. The summed E-state index contributed by atoms with van der Waals surface area (Å²) < 4.78 is 6.87. The van der Waals surface area contributed by atoms with E-state index in [0.717, 1.165) is 10.0 Å². The summed E-state index contributed by atoms with van der Waals surface area (Å²) in [6.45, 7) is 4.00. The number of halogens is 1. The fourth-order valence-corrected chi connectivity index (χ4v) is 2.27. The number of nitrogens with zero attached hydrogens (tertiary/aromatic N) is 1. The molecule has 0 bridgehead atoms. The van der Waals surface area contributed by atoms with Gasteiger partial charge in [-0.05, 0) is 41.4 Å². The van der Waals surface area contributed by atoms with Crippen LogP contribution in [-0.2, 0) is 0 Å². The Morgan fingerprint density at radius 3 is 2.68 bits per heavy atom. The highest BCUT2D eigenvalue weighted by molar-refractivity contribution is 9.10. The van der Waals surface area contributed by atoms with Crippen molar-refractivity contribution in [2.75, 3.05) is 0 Å². The zero-order valence-corrected chi connectivity index (χ0v) is 12.6. The molecular weight excluding hydrogens is 304 g/mol. The van der Waals surface area contributed by atoms with Gasteiger partial charge in [0.05, 0.1) is 6.20 Å². The van der Waals surface area contributed by atoms with Crippen molar-refractivity contribution in [2.45, 2.75) is 26.0 Å². The van der Waals surface area contributed by atoms with Crippen LogP contribution in [0.1, 0.15) is 24.2 Å². The third-order valence-electron chi connectivity index (χ3n) is 2.79. The molecule has 0 amide bonds. The zero-order valence-electron chi connectivity index (χ0n) is 11.0. The Hall–Kier alpha value is -1.39. The average Bonchev–Trinajstić information content (AvgIpc) is 2.35. The third kappa shape index (κ3) is 3.78. The van der Waals surface area contributed by atoms with Crippen molar-refractivity contribution in [3.8, 4) is 5.75 Å². The van der Waals surface area contributed by atoms with Gasteiger partial charge >= 0.3 is 0 Å². The Bertz CT molecular complexity index is 557. The van der Waals surface area contributed by atoms with E-state index < -0.39 is 0 Å². The normalized spacial score (nSPS) is 13.9. The molecule has 3 nitrogen and oxygen atoms in total. The molecule has 2 atom stereocenters. The second-order valence-electron chi connectivity index (χ2n) is 4.65. The van der Waals surface area contributed by atoms with Crippen molar-refractivity contribution < 1.29 is 4.74 Å². The Labute approximate surface area is 121 Å². The summed E-state index contributed by atoms with van der Waals surface area (Å²) in [6.07, 6.45) is 3.23. The van der Waals surface area contributed by atoms with Gasteiger partial charge in [-0.1, -0.05) is 29.8 Å². The summed E-state index contributed by atoms with van der Waals surface area (Å²) in [6, 6.07) is 9.98. The van der Waals surface area contributed by atoms with E-state index in [1.165, 1.54) is 5.56 Å². The quantitative estimate of drug-likeness (QED) is 0.936. The highest BCUT2D eigenvalue weighted by Crippen LogP contribution is 2.26. The number of hydrogen-bond donors (Lipinski definition) is 1. The summed E-state index contributed by atoms with van der Waals surface area (Å²) in [5, 5.41) is 0. The van der Waals surface area contributed by atoms with E-state index >= 15 is 0 Å². The number of pyridine rings is 1. The van der Waals surface area contributed by atoms with E-state index in [2.05, 4.69) is 40.0 Å². The van der Waals surface area contributed by atoms with Crippen molar-refractivity contribution in [1.82, 2.24) is 4.98 Å². The maximum absolute atomic E-state index is 6.05. The molecule has 0 radical (unpaired) electrons. The lowest BCUT2D eigenvalue weighted by atomic mass is 10.0. The Kier molecular flexibility index (Phi) is 4.56. The van der Waals surface area contributed by atoms with Crippen LogP contribution in [0.4, 0.5) is 0 Å². The first-order valence-corrected chi connectivity index (χ1v) is 6.95. The molecule has 2 rings (SSSR count). The van der Waals surface area contributed by atoms with Crippen LogP contribution in [0.2, 0.25) is 0 Å². The Balaban J connectivity index is 2.26. The minimum atomic E-state index is -0.184. The van der Waals surface area contributed by atoms with Crippen molar-refractivity contribution in [2.24, 2.45) is 5.73 Å². The third-order valence-corrected chi connectivity index (χ3v) is 3.22. The lowest BCUT2D eigenvalue weighted by Gasteiger charge is -2.23. The van der Waals surface area contributed by atoms with Gasteiger partial charge in [0.2, 0.25) is 0 Å². The van der Waals surface area contributed by atoms with Crippen LogP contribution < -0.4 is 10.5 Å². The number of rotatable bonds is 4. The van der Waals surface area contributed by atoms with E-state index in [1.807, 2.05) is 25.1 Å². The molecule has 100 valence electrons. The van der Waals surface area contributed by atoms with Gasteiger partial charge in [-0.25, -0.2) is 0 Å². The molecule has 0 fully saturated rings. The number of nitrogens with two attached hydrogens (primary N) is 1. The first-order chi connectivity index (χ1) is 9.06. The first kappa shape index (κ1) is 14.0. The topological polar surface area (TPSA) is 48.1 Å². The predicted octanol–water partition coefficient (Wildman–Crippen LogP) is 3.62. The molecule has 1 aromatic heterocycles. The summed E-state index contributed by atoms with van der Waals surface area (Å²) >= 11 is 3.38. The summed E-state index contributed by atoms with van der Waals surface area (Å²) in [4.78, 5) is 4.10. The molecule has 0 saturated carbocycles. The molecule has 1 aromatic carbocycles. The molecule has 0 aliphatic carbocycles. The molecular formula is C15H17BrN2O. The summed E-state index contributed by atoms with van der Waals surface area (Å²) in [5.74, 6) is 0.707. The average molecular weight is 321 g/mol. The Morgan fingerprint density at radius 2 is 2.05 bits per heavy atom. The van der Waals surface area contributed by atoms with Gasteiger partial charge in [-0.2, -0.15) is 0 Å². The standard InChI is InChI=1S/C15H17BrN2O/c1-10-4-3-5-12(6-10)15(11(2)17)19-14-7-13(16)8-18-9-14/h3-9,11,15H,17H2,1-2H3. The lowest BCUT2D eigenvalue weighted by molar-refractivity contribution is 0.179. The van der Waals surface area contributed by atoms with E-state index in [1.54, 1.807) is 12.4 Å². The fourth-order valence-electron chi connectivity index (χ4n) is 1.93. The number of benzene rings is 1. The fraction of sp³-hybridized carbons (Fsp3) is 0.267. The number of aromatic nitrogens is 1. The van der Waals surface area contributed by atoms with Crippen LogP contribution in [0, 0.1) is 6.92 Å². The van der Waals surface area contributed by atoms with Crippen LogP contribution in [-0.4, -0.2) is 11.0 Å².